The van der Waals surface area contributed by atoms with E-state index in [-0.39, 0.29) is 5.91 Å². The maximum atomic E-state index is 13.5. The molecule has 1 fully saturated rings. The first kappa shape index (κ1) is 21.0. The molecule has 1 atom stereocenters. The van der Waals surface area contributed by atoms with Crippen LogP contribution in [0, 0.1) is 5.92 Å². The second-order valence-electron chi connectivity index (χ2n) is 8.89. The van der Waals surface area contributed by atoms with E-state index in [0.717, 1.165) is 39.9 Å². The molecule has 4 rings (SSSR count). The van der Waals surface area contributed by atoms with Crippen LogP contribution in [0.4, 0.5) is 0 Å². The van der Waals surface area contributed by atoms with Gasteiger partial charge in [0.1, 0.15) is 17.0 Å². The molecular weight excluding hydrogens is 446 g/mol. The predicted molar refractivity (Wildman–Crippen MR) is 120 cm³/mol. The fourth-order valence-corrected chi connectivity index (χ4v) is 5.12. The highest BCUT2D eigenvalue weighted by atomic mass is 79.9. The summed E-state index contributed by atoms with van der Waals surface area (Å²) in [6.07, 6.45) is 2.30. The van der Waals surface area contributed by atoms with E-state index >= 15 is 0 Å². The van der Waals surface area contributed by atoms with Gasteiger partial charge in [-0.3, -0.25) is 9.59 Å². The quantitative estimate of drug-likeness (QED) is 0.717. The molecule has 1 aromatic carbocycles. The second kappa shape index (κ2) is 7.45. The Labute approximate surface area is 185 Å². The molecule has 0 saturated carbocycles. The summed E-state index contributed by atoms with van der Waals surface area (Å²) in [5.41, 5.74) is 9.94. The van der Waals surface area contributed by atoms with Crippen LogP contribution in [0.3, 0.4) is 0 Å². The fourth-order valence-electron chi connectivity index (χ4n) is 4.62. The zero-order chi connectivity index (χ0) is 21.8. The van der Waals surface area contributed by atoms with Gasteiger partial charge in [-0.2, -0.15) is 0 Å². The van der Waals surface area contributed by atoms with E-state index in [1.54, 1.807) is 18.9 Å². The number of carbonyl (C=O) groups is 2. The van der Waals surface area contributed by atoms with Gasteiger partial charge >= 0.3 is 0 Å². The van der Waals surface area contributed by atoms with E-state index in [9.17, 15) is 9.59 Å². The third kappa shape index (κ3) is 3.14. The Morgan fingerprint density at radius 3 is 2.57 bits per heavy atom. The van der Waals surface area contributed by atoms with Crippen LogP contribution < -0.4 is 10.5 Å². The minimum atomic E-state index is -0.900. The van der Waals surface area contributed by atoms with Crippen molar-refractivity contribution in [3.63, 3.8) is 0 Å². The van der Waals surface area contributed by atoms with Crippen LogP contribution in [0.2, 0.25) is 0 Å². The summed E-state index contributed by atoms with van der Waals surface area (Å²) in [6, 6.07) is 6.19. The number of hydrogen-bond acceptors (Lipinski definition) is 3. The Balaban J connectivity index is 1.84. The van der Waals surface area contributed by atoms with Crippen molar-refractivity contribution in [2.75, 3.05) is 13.7 Å². The van der Waals surface area contributed by atoms with Crippen LogP contribution in [0.25, 0.3) is 11.3 Å². The summed E-state index contributed by atoms with van der Waals surface area (Å²) < 4.78 is 8.50. The molecule has 0 unspecified atom stereocenters. The summed E-state index contributed by atoms with van der Waals surface area (Å²) in [5.74, 6) is 0.700. The highest BCUT2D eigenvalue weighted by Gasteiger charge is 2.49. The molecule has 3 heterocycles. The molecule has 2 aliphatic rings. The largest absolute Gasteiger partial charge is 0.496 e. The third-order valence-corrected chi connectivity index (χ3v) is 7.07. The number of aryl methyl sites for hydroxylation is 1. The number of nitrogens with two attached hydrogens (primary N) is 1. The highest BCUT2D eigenvalue weighted by molar-refractivity contribution is 9.10. The van der Waals surface area contributed by atoms with Gasteiger partial charge in [0.15, 0.2) is 0 Å². The molecule has 2 aliphatic heterocycles. The van der Waals surface area contributed by atoms with E-state index in [2.05, 4.69) is 46.5 Å². The van der Waals surface area contributed by atoms with Gasteiger partial charge < -0.3 is 19.9 Å². The third-order valence-electron chi connectivity index (χ3n) is 6.45. The van der Waals surface area contributed by atoms with Crippen molar-refractivity contribution in [2.45, 2.75) is 52.1 Å². The number of methoxy groups -OCH3 is 1. The minimum Gasteiger partial charge on any atom is -0.496 e. The first-order valence-electron chi connectivity index (χ1n) is 10.4. The highest BCUT2D eigenvalue weighted by Crippen LogP contribution is 2.42. The smallest absolute Gasteiger partial charge is 0.271 e. The topological polar surface area (TPSA) is 77.6 Å². The Hall–Kier alpha value is -2.28. The zero-order valence-corrected chi connectivity index (χ0v) is 19.5. The fraction of sp³-hybridized carbons (Fsp3) is 0.478. The monoisotopic (exact) mass is 473 g/mol. The van der Waals surface area contributed by atoms with Gasteiger partial charge in [-0.05, 0) is 77.4 Å². The maximum absolute atomic E-state index is 13.5. The average molecular weight is 474 g/mol. The molecule has 0 aliphatic carbocycles. The molecule has 1 aromatic heterocycles. The van der Waals surface area contributed by atoms with Gasteiger partial charge in [0, 0.05) is 18.7 Å². The number of primary amides is 1. The second-order valence-corrected chi connectivity index (χ2v) is 9.75. The van der Waals surface area contributed by atoms with Crippen LogP contribution in [0.5, 0.6) is 5.75 Å². The molecule has 0 radical (unpaired) electrons. The standard InChI is InChI=1S/C23H28BrN3O3/c1-13(2)9-15-10-18(21(28)27-8-6-23(27,3)22(25)29)26-7-5-14-11-19(30-4)17(24)12-16(14)20(15)26/h10-13H,5-9H2,1-4H3,(H2,25,29)/t23-/m1/s1. The number of nitrogens with zero attached hydrogens (tertiary/aromatic N) is 2. The average Bonchev–Trinajstić information content (AvgIpc) is 3.04. The van der Waals surface area contributed by atoms with Gasteiger partial charge in [0.05, 0.1) is 17.3 Å². The number of ether oxygens (including phenoxy) is 1. The Kier molecular flexibility index (Phi) is 5.21. The van der Waals surface area contributed by atoms with Crippen molar-refractivity contribution in [3.05, 3.63) is 39.5 Å². The maximum Gasteiger partial charge on any atom is 0.271 e. The number of halogens is 1. The van der Waals surface area contributed by atoms with Gasteiger partial charge in [0.2, 0.25) is 5.91 Å². The van der Waals surface area contributed by atoms with Crippen LogP contribution in [0.1, 0.15) is 48.8 Å². The zero-order valence-electron chi connectivity index (χ0n) is 17.9. The van der Waals surface area contributed by atoms with Crippen molar-refractivity contribution in [3.8, 4) is 17.0 Å². The number of amides is 2. The number of fused-ring (bicyclic) bond motifs is 3. The predicted octanol–water partition coefficient (Wildman–Crippen LogP) is 3.77. The summed E-state index contributed by atoms with van der Waals surface area (Å²) in [6.45, 7) is 7.38. The first-order valence-corrected chi connectivity index (χ1v) is 11.2. The van der Waals surface area contributed by atoms with E-state index in [1.165, 1.54) is 5.56 Å². The first-order chi connectivity index (χ1) is 14.2. The van der Waals surface area contributed by atoms with Gasteiger partial charge in [-0.15, -0.1) is 0 Å². The number of likely N-dealkylation sites (tertiary alicyclic amines) is 1. The van der Waals surface area contributed by atoms with Crippen molar-refractivity contribution >= 4 is 27.7 Å². The molecule has 7 heteroatoms. The van der Waals surface area contributed by atoms with E-state index in [0.29, 0.717) is 31.1 Å². The van der Waals surface area contributed by atoms with Crippen LogP contribution in [-0.4, -0.2) is 40.5 Å². The van der Waals surface area contributed by atoms with Crippen LogP contribution in [0.15, 0.2) is 22.7 Å². The lowest BCUT2D eigenvalue weighted by Crippen LogP contribution is -2.66. The van der Waals surface area contributed by atoms with Crippen LogP contribution >= 0.6 is 15.9 Å². The number of rotatable bonds is 5. The lowest BCUT2D eigenvalue weighted by Gasteiger charge is -2.48. The van der Waals surface area contributed by atoms with Crippen LogP contribution in [-0.2, 0) is 24.2 Å². The molecule has 0 spiro atoms. The molecule has 6 nitrogen and oxygen atoms in total. The molecule has 30 heavy (non-hydrogen) atoms. The van der Waals surface area contributed by atoms with E-state index < -0.39 is 11.4 Å². The summed E-state index contributed by atoms with van der Waals surface area (Å²) in [5, 5.41) is 0. The number of benzene rings is 1. The van der Waals surface area contributed by atoms with Gasteiger partial charge in [0.25, 0.3) is 5.91 Å². The number of aromatic nitrogens is 1. The molecular formula is C23H28BrN3O3. The van der Waals surface area contributed by atoms with Crippen molar-refractivity contribution < 1.29 is 14.3 Å². The lowest BCUT2D eigenvalue weighted by atomic mass is 9.85. The molecule has 1 saturated heterocycles. The van der Waals surface area contributed by atoms with E-state index in [1.807, 2.05) is 6.07 Å². The molecule has 2 amide bonds. The SMILES string of the molecule is COc1cc2c(cc1Br)-c1c(CC(C)C)cc(C(=O)N3CC[C@]3(C)C(N)=O)n1CC2. The minimum absolute atomic E-state index is 0.116. The molecule has 0 bridgehead atoms. The normalized spacial score (nSPS) is 19.9. The van der Waals surface area contributed by atoms with E-state index in [4.69, 9.17) is 10.5 Å². The number of carbonyl (C=O) groups excluding carboxylic acids is 2. The molecule has 2 aromatic rings. The summed E-state index contributed by atoms with van der Waals surface area (Å²) >= 11 is 3.61. The van der Waals surface area contributed by atoms with Crippen molar-refractivity contribution in [1.82, 2.24) is 9.47 Å². The Morgan fingerprint density at radius 2 is 2.00 bits per heavy atom. The van der Waals surface area contributed by atoms with Crippen molar-refractivity contribution in [1.29, 1.82) is 0 Å². The lowest BCUT2D eigenvalue weighted by molar-refractivity contribution is -0.134. The van der Waals surface area contributed by atoms with Crippen molar-refractivity contribution in [2.24, 2.45) is 11.7 Å². The molecule has 2 N–H and O–H groups in total. The number of hydrogen-bond donors (Lipinski definition) is 1. The van der Waals surface area contributed by atoms with Gasteiger partial charge in [-0.1, -0.05) is 13.8 Å². The molecule has 160 valence electrons. The summed E-state index contributed by atoms with van der Waals surface area (Å²) in [4.78, 5) is 27.0. The Bertz CT molecular complexity index is 1040. The van der Waals surface area contributed by atoms with Gasteiger partial charge in [-0.25, -0.2) is 0 Å². The Morgan fingerprint density at radius 1 is 1.27 bits per heavy atom. The summed E-state index contributed by atoms with van der Waals surface area (Å²) in [7, 11) is 1.67.